The van der Waals surface area contributed by atoms with Gasteiger partial charge in [-0.1, -0.05) is 23.7 Å². The molecule has 5 nitrogen and oxygen atoms in total. The summed E-state index contributed by atoms with van der Waals surface area (Å²) in [6.07, 6.45) is -3.87. The van der Waals surface area contributed by atoms with Crippen LogP contribution in [0.4, 0.5) is 13.2 Å². The lowest BCUT2D eigenvalue weighted by Crippen LogP contribution is -2.31. The van der Waals surface area contributed by atoms with Crippen LogP contribution < -0.4 is 4.74 Å². The Balaban J connectivity index is 1.95. The van der Waals surface area contributed by atoms with Crippen LogP contribution in [0.5, 0.6) is 5.88 Å². The molecular weight excluding hydrogens is 407 g/mol. The molecule has 1 atom stereocenters. The first kappa shape index (κ1) is 20.7. The van der Waals surface area contributed by atoms with E-state index in [2.05, 4.69) is 15.2 Å². The first-order chi connectivity index (χ1) is 13.7. The van der Waals surface area contributed by atoms with E-state index in [0.717, 1.165) is 6.92 Å². The maximum Gasteiger partial charge on any atom is 0.425 e. The van der Waals surface area contributed by atoms with Crippen LogP contribution >= 0.6 is 11.6 Å². The second-order valence-electron chi connectivity index (χ2n) is 6.21. The van der Waals surface area contributed by atoms with Crippen LogP contribution in [-0.4, -0.2) is 33.2 Å². The van der Waals surface area contributed by atoms with Crippen LogP contribution in [-0.2, 0) is 6.42 Å². The van der Waals surface area contributed by atoms with Crippen LogP contribution in [0.15, 0.2) is 54.9 Å². The third-order valence-electron chi connectivity index (χ3n) is 4.04. The molecule has 0 saturated carbocycles. The Hall–Kier alpha value is -3.00. The number of ether oxygens (including phenoxy) is 1. The number of Topliss-reactive ketones (excluding diaryl/α,β-unsaturated/α-hetero) is 1. The van der Waals surface area contributed by atoms with Gasteiger partial charge in [0.2, 0.25) is 5.88 Å². The summed E-state index contributed by atoms with van der Waals surface area (Å²) in [5, 5.41) is 7.90. The molecular formula is C20H15ClF3N3O2. The average Bonchev–Trinajstić information content (AvgIpc) is 2.69. The minimum absolute atomic E-state index is 0.0403. The van der Waals surface area contributed by atoms with Gasteiger partial charge in [0.15, 0.2) is 11.9 Å². The Kier molecular flexibility index (Phi) is 6.12. The highest BCUT2D eigenvalue weighted by molar-refractivity contribution is 6.30. The lowest BCUT2D eigenvalue weighted by Gasteiger charge is -2.19. The normalized spacial score (nSPS) is 12.4. The van der Waals surface area contributed by atoms with E-state index < -0.39 is 12.3 Å². The largest absolute Gasteiger partial charge is 0.465 e. The van der Waals surface area contributed by atoms with Crippen molar-refractivity contribution in [3.8, 4) is 17.0 Å². The minimum Gasteiger partial charge on any atom is -0.465 e. The molecule has 0 spiro atoms. The third kappa shape index (κ3) is 5.29. The van der Waals surface area contributed by atoms with Gasteiger partial charge in [0.05, 0.1) is 0 Å². The van der Waals surface area contributed by atoms with E-state index >= 15 is 0 Å². The topological polar surface area (TPSA) is 65.0 Å². The first-order valence-corrected chi connectivity index (χ1v) is 8.91. The van der Waals surface area contributed by atoms with Crippen molar-refractivity contribution in [2.75, 3.05) is 0 Å². The van der Waals surface area contributed by atoms with Gasteiger partial charge in [0, 0.05) is 29.4 Å². The molecule has 150 valence electrons. The maximum absolute atomic E-state index is 12.9. The minimum atomic E-state index is -4.54. The predicted molar refractivity (Wildman–Crippen MR) is 101 cm³/mol. The molecule has 0 aliphatic heterocycles. The highest BCUT2D eigenvalue weighted by Gasteiger charge is 2.38. The lowest BCUT2D eigenvalue weighted by molar-refractivity contribution is -0.189. The molecule has 3 aromatic rings. The molecule has 3 rings (SSSR count). The lowest BCUT2D eigenvalue weighted by atomic mass is 10.0. The van der Waals surface area contributed by atoms with E-state index in [9.17, 15) is 18.0 Å². The van der Waals surface area contributed by atoms with Gasteiger partial charge in [0.1, 0.15) is 5.69 Å². The highest BCUT2D eigenvalue weighted by atomic mass is 35.5. The summed E-state index contributed by atoms with van der Waals surface area (Å²) >= 11 is 5.90. The number of nitrogens with zero attached hydrogens (tertiary/aromatic N) is 3. The Bertz CT molecular complexity index is 996. The van der Waals surface area contributed by atoms with Crippen molar-refractivity contribution in [3.63, 3.8) is 0 Å². The summed E-state index contributed by atoms with van der Waals surface area (Å²) in [4.78, 5) is 16.4. The van der Waals surface area contributed by atoms with E-state index in [0.29, 0.717) is 21.7 Å². The Morgan fingerprint density at radius 2 is 1.93 bits per heavy atom. The number of aromatic nitrogens is 3. The molecule has 2 aromatic heterocycles. The molecule has 0 amide bonds. The van der Waals surface area contributed by atoms with Gasteiger partial charge in [0.25, 0.3) is 0 Å². The molecule has 29 heavy (non-hydrogen) atoms. The second-order valence-corrected chi connectivity index (χ2v) is 6.65. The number of alkyl halides is 3. The quantitative estimate of drug-likeness (QED) is 0.527. The molecule has 0 unspecified atom stereocenters. The molecule has 1 aromatic carbocycles. The molecule has 0 radical (unpaired) electrons. The standard InChI is InChI=1S/C20H15ClF3N3O2/c1-12(20(22,23)24)29-19-16(14-4-6-15(21)7-5-14)9-13(11-25-19)10-18(28)17-3-2-8-26-27-17/h2-9,11-12H,10H2,1H3/t12-/m0/s1. The highest BCUT2D eigenvalue weighted by Crippen LogP contribution is 2.33. The van der Waals surface area contributed by atoms with Crippen molar-refractivity contribution in [1.82, 2.24) is 15.2 Å². The Morgan fingerprint density at radius 1 is 1.21 bits per heavy atom. The third-order valence-corrected chi connectivity index (χ3v) is 4.29. The Labute approximate surface area is 169 Å². The fourth-order valence-electron chi connectivity index (χ4n) is 2.48. The van der Waals surface area contributed by atoms with Gasteiger partial charge in [-0.05, 0) is 48.4 Å². The number of carbonyl (C=O) groups is 1. The first-order valence-electron chi connectivity index (χ1n) is 8.53. The number of carbonyl (C=O) groups excluding carboxylic acids is 1. The molecule has 9 heteroatoms. The Morgan fingerprint density at radius 3 is 2.55 bits per heavy atom. The number of ketones is 1. The summed E-state index contributed by atoms with van der Waals surface area (Å²) < 4.78 is 43.9. The molecule has 2 heterocycles. The van der Waals surface area contributed by atoms with Gasteiger partial charge < -0.3 is 4.74 Å². The predicted octanol–water partition coefficient (Wildman–Crippen LogP) is 4.95. The molecule has 0 aliphatic carbocycles. The average molecular weight is 422 g/mol. The summed E-state index contributed by atoms with van der Waals surface area (Å²) in [5.41, 5.74) is 1.56. The molecule has 0 saturated heterocycles. The van der Waals surface area contributed by atoms with Gasteiger partial charge in [-0.3, -0.25) is 4.79 Å². The fourth-order valence-corrected chi connectivity index (χ4v) is 2.61. The molecule has 0 aliphatic rings. The van der Waals surface area contributed by atoms with E-state index in [4.69, 9.17) is 16.3 Å². The summed E-state index contributed by atoms with van der Waals surface area (Å²) in [6, 6.07) is 11.2. The van der Waals surface area contributed by atoms with E-state index in [1.807, 2.05) is 0 Å². The monoisotopic (exact) mass is 421 g/mol. The van der Waals surface area contributed by atoms with Crippen molar-refractivity contribution in [2.24, 2.45) is 0 Å². The zero-order valence-corrected chi connectivity index (χ0v) is 15.9. The van der Waals surface area contributed by atoms with Crippen molar-refractivity contribution in [1.29, 1.82) is 0 Å². The summed E-state index contributed by atoms with van der Waals surface area (Å²) in [5.74, 6) is -0.480. The number of halogens is 4. The number of hydrogen-bond acceptors (Lipinski definition) is 5. The van der Waals surface area contributed by atoms with Crippen molar-refractivity contribution < 1.29 is 22.7 Å². The van der Waals surface area contributed by atoms with Crippen molar-refractivity contribution in [3.05, 3.63) is 71.1 Å². The number of rotatable bonds is 6. The number of benzene rings is 1. The zero-order valence-electron chi connectivity index (χ0n) is 15.2. The molecule has 0 fully saturated rings. The van der Waals surface area contributed by atoms with Crippen LogP contribution in [0.1, 0.15) is 23.0 Å². The van der Waals surface area contributed by atoms with Gasteiger partial charge in [-0.25, -0.2) is 4.98 Å². The molecule has 0 N–H and O–H groups in total. The summed E-state index contributed by atoms with van der Waals surface area (Å²) in [6.45, 7) is 0.902. The van der Waals surface area contributed by atoms with Crippen LogP contribution in [0, 0.1) is 0 Å². The van der Waals surface area contributed by atoms with Gasteiger partial charge in [-0.15, -0.1) is 5.10 Å². The van der Waals surface area contributed by atoms with Crippen LogP contribution in [0.2, 0.25) is 5.02 Å². The van der Waals surface area contributed by atoms with E-state index in [1.165, 1.54) is 18.5 Å². The van der Waals surface area contributed by atoms with Gasteiger partial charge in [-0.2, -0.15) is 18.3 Å². The number of hydrogen-bond donors (Lipinski definition) is 0. The smallest absolute Gasteiger partial charge is 0.425 e. The van der Waals surface area contributed by atoms with Crippen LogP contribution in [0.25, 0.3) is 11.1 Å². The van der Waals surface area contributed by atoms with E-state index in [-0.39, 0.29) is 23.8 Å². The molecule has 0 bridgehead atoms. The number of pyridine rings is 1. The van der Waals surface area contributed by atoms with Crippen molar-refractivity contribution >= 4 is 17.4 Å². The zero-order chi connectivity index (χ0) is 21.0. The summed E-state index contributed by atoms with van der Waals surface area (Å²) in [7, 11) is 0. The maximum atomic E-state index is 12.9. The van der Waals surface area contributed by atoms with Gasteiger partial charge >= 0.3 is 6.18 Å². The van der Waals surface area contributed by atoms with E-state index in [1.54, 1.807) is 36.4 Å². The second kappa shape index (κ2) is 8.57. The van der Waals surface area contributed by atoms with Crippen molar-refractivity contribution in [2.45, 2.75) is 25.6 Å². The fraction of sp³-hybridized carbons (Fsp3) is 0.200. The van der Waals surface area contributed by atoms with Crippen LogP contribution in [0.3, 0.4) is 0 Å². The SMILES string of the molecule is C[C@H](Oc1ncc(CC(=O)c2cccnn2)cc1-c1ccc(Cl)cc1)C(F)(F)F.